The van der Waals surface area contributed by atoms with E-state index in [1.807, 2.05) is 12.1 Å². The van der Waals surface area contributed by atoms with Gasteiger partial charge in [-0.3, -0.25) is 4.99 Å². The Balaban J connectivity index is 2.09. The van der Waals surface area contributed by atoms with Crippen LogP contribution in [0.25, 0.3) is 0 Å². The van der Waals surface area contributed by atoms with E-state index in [-0.39, 0.29) is 5.82 Å². The first-order chi connectivity index (χ1) is 11.2. The Bertz CT molecular complexity index is 683. The maximum absolute atomic E-state index is 13.5. The van der Waals surface area contributed by atoms with Gasteiger partial charge in [0, 0.05) is 18.3 Å². The molecule has 0 N–H and O–H groups in total. The predicted molar refractivity (Wildman–Crippen MR) is 91.5 cm³/mol. The van der Waals surface area contributed by atoms with Crippen LogP contribution in [-0.4, -0.2) is 27.0 Å². The Hall–Kier alpha value is -2.36. The van der Waals surface area contributed by atoms with Crippen LogP contribution in [0.1, 0.15) is 23.6 Å². The van der Waals surface area contributed by atoms with Gasteiger partial charge in [0.1, 0.15) is 17.3 Å². The monoisotopic (exact) mass is 315 g/mol. The van der Waals surface area contributed by atoms with Gasteiger partial charge in [-0.2, -0.15) is 0 Å². The summed E-state index contributed by atoms with van der Waals surface area (Å²) in [5, 5.41) is 0. The molecule has 0 aromatic heterocycles. The molecule has 0 spiro atoms. The minimum Gasteiger partial charge on any atom is -0.496 e. The molecule has 23 heavy (non-hydrogen) atoms. The molecule has 3 nitrogen and oxygen atoms in total. The standard InChI is InChI=1S/C19H22FNO2/c1-4-14-11-19(23-3)15(12-18(14)22-2)9-10-21-13-16-7-5-6-8-17(16)20/h5-8,11-13H,4,9-10H2,1-3H3. The van der Waals surface area contributed by atoms with Crippen LogP contribution in [-0.2, 0) is 12.8 Å². The number of methoxy groups -OCH3 is 2. The molecule has 2 rings (SSSR count). The number of benzene rings is 2. The van der Waals surface area contributed by atoms with Crippen molar-refractivity contribution in [2.24, 2.45) is 4.99 Å². The van der Waals surface area contributed by atoms with Crippen molar-refractivity contribution in [3.63, 3.8) is 0 Å². The number of ether oxygens (including phenoxy) is 2. The van der Waals surface area contributed by atoms with Crippen molar-refractivity contribution >= 4 is 6.21 Å². The third-order valence-corrected chi connectivity index (χ3v) is 3.71. The van der Waals surface area contributed by atoms with E-state index in [1.54, 1.807) is 38.6 Å². The zero-order valence-electron chi connectivity index (χ0n) is 13.8. The minimum atomic E-state index is -0.261. The van der Waals surface area contributed by atoms with Gasteiger partial charge in [-0.05, 0) is 42.2 Å². The molecule has 0 bridgehead atoms. The highest BCUT2D eigenvalue weighted by molar-refractivity contribution is 5.79. The van der Waals surface area contributed by atoms with E-state index in [1.165, 1.54) is 6.07 Å². The third kappa shape index (κ3) is 4.31. The van der Waals surface area contributed by atoms with Crippen molar-refractivity contribution < 1.29 is 13.9 Å². The van der Waals surface area contributed by atoms with Crippen LogP contribution in [0.4, 0.5) is 4.39 Å². The SMILES string of the molecule is CCc1cc(OC)c(CCN=Cc2ccccc2F)cc1OC. The van der Waals surface area contributed by atoms with Gasteiger partial charge in [-0.1, -0.05) is 25.1 Å². The van der Waals surface area contributed by atoms with E-state index >= 15 is 0 Å². The fraction of sp³-hybridized carbons (Fsp3) is 0.316. The van der Waals surface area contributed by atoms with Gasteiger partial charge in [0.05, 0.1) is 14.2 Å². The molecule has 0 saturated carbocycles. The molecule has 2 aromatic carbocycles. The second-order valence-corrected chi connectivity index (χ2v) is 5.14. The topological polar surface area (TPSA) is 30.8 Å². The fourth-order valence-corrected chi connectivity index (χ4v) is 2.42. The molecule has 0 aliphatic carbocycles. The first kappa shape index (κ1) is 17.0. The highest BCUT2D eigenvalue weighted by Crippen LogP contribution is 2.29. The lowest BCUT2D eigenvalue weighted by molar-refractivity contribution is 0.395. The van der Waals surface area contributed by atoms with Crippen LogP contribution in [0.3, 0.4) is 0 Å². The van der Waals surface area contributed by atoms with Gasteiger partial charge in [0.25, 0.3) is 0 Å². The van der Waals surface area contributed by atoms with E-state index in [4.69, 9.17) is 9.47 Å². The van der Waals surface area contributed by atoms with E-state index in [0.29, 0.717) is 18.5 Å². The molecule has 0 aliphatic rings. The van der Waals surface area contributed by atoms with Gasteiger partial charge in [0.2, 0.25) is 0 Å². The summed E-state index contributed by atoms with van der Waals surface area (Å²) < 4.78 is 24.4. The summed E-state index contributed by atoms with van der Waals surface area (Å²) in [6.45, 7) is 2.63. The average molecular weight is 315 g/mol. The summed E-state index contributed by atoms with van der Waals surface area (Å²) in [6, 6.07) is 10.6. The molecule has 0 fully saturated rings. The fourth-order valence-electron chi connectivity index (χ4n) is 2.42. The molecule has 4 heteroatoms. The van der Waals surface area contributed by atoms with Crippen LogP contribution in [0, 0.1) is 5.82 Å². The number of rotatable bonds is 7. The van der Waals surface area contributed by atoms with Gasteiger partial charge >= 0.3 is 0 Å². The van der Waals surface area contributed by atoms with Crippen molar-refractivity contribution in [1.82, 2.24) is 0 Å². The average Bonchev–Trinajstić information content (AvgIpc) is 2.59. The number of aliphatic imine (C=N–C) groups is 1. The highest BCUT2D eigenvalue weighted by Gasteiger charge is 2.09. The van der Waals surface area contributed by atoms with Crippen LogP contribution in [0.15, 0.2) is 41.4 Å². The first-order valence-electron chi connectivity index (χ1n) is 7.67. The Morgan fingerprint density at radius 3 is 2.35 bits per heavy atom. The summed E-state index contributed by atoms with van der Waals surface area (Å²) in [7, 11) is 3.33. The summed E-state index contributed by atoms with van der Waals surface area (Å²) in [4.78, 5) is 4.31. The lowest BCUT2D eigenvalue weighted by atomic mass is 10.0. The molecule has 0 atom stereocenters. The lowest BCUT2D eigenvalue weighted by Gasteiger charge is -2.13. The summed E-state index contributed by atoms with van der Waals surface area (Å²) >= 11 is 0. The highest BCUT2D eigenvalue weighted by atomic mass is 19.1. The number of halogens is 1. The van der Waals surface area contributed by atoms with Gasteiger partial charge in [0.15, 0.2) is 0 Å². The zero-order chi connectivity index (χ0) is 16.7. The Kier molecular flexibility index (Phi) is 6.15. The molecule has 0 saturated heterocycles. The molecule has 0 aliphatic heterocycles. The smallest absolute Gasteiger partial charge is 0.131 e. The summed E-state index contributed by atoms with van der Waals surface area (Å²) in [6.07, 6.45) is 3.15. The molecule has 2 aromatic rings. The van der Waals surface area contributed by atoms with E-state index < -0.39 is 0 Å². The number of aryl methyl sites for hydroxylation is 1. The van der Waals surface area contributed by atoms with Gasteiger partial charge in [-0.15, -0.1) is 0 Å². The molecule has 0 heterocycles. The quantitative estimate of drug-likeness (QED) is 0.721. The number of hydrogen-bond acceptors (Lipinski definition) is 3. The van der Waals surface area contributed by atoms with Crippen molar-refractivity contribution in [1.29, 1.82) is 0 Å². The van der Waals surface area contributed by atoms with Crippen molar-refractivity contribution in [2.45, 2.75) is 19.8 Å². The van der Waals surface area contributed by atoms with E-state index in [9.17, 15) is 4.39 Å². The lowest BCUT2D eigenvalue weighted by Crippen LogP contribution is -2.00. The van der Waals surface area contributed by atoms with Crippen molar-refractivity contribution in [3.05, 3.63) is 58.9 Å². The van der Waals surface area contributed by atoms with Crippen molar-refractivity contribution in [2.75, 3.05) is 20.8 Å². The Morgan fingerprint density at radius 1 is 1.04 bits per heavy atom. The van der Waals surface area contributed by atoms with E-state index in [2.05, 4.69) is 11.9 Å². The molecule has 122 valence electrons. The molecular formula is C19H22FNO2. The Labute approximate surface area is 136 Å². The third-order valence-electron chi connectivity index (χ3n) is 3.71. The first-order valence-corrected chi connectivity index (χ1v) is 7.67. The summed E-state index contributed by atoms with van der Waals surface area (Å²) in [5.41, 5.74) is 2.65. The maximum Gasteiger partial charge on any atom is 0.131 e. The molecule has 0 amide bonds. The summed E-state index contributed by atoms with van der Waals surface area (Å²) in [5.74, 6) is 1.44. The molecular weight excluding hydrogens is 293 g/mol. The van der Waals surface area contributed by atoms with E-state index in [0.717, 1.165) is 29.0 Å². The zero-order valence-corrected chi connectivity index (χ0v) is 13.8. The van der Waals surface area contributed by atoms with Crippen LogP contribution >= 0.6 is 0 Å². The normalized spacial score (nSPS) is 11.0. The van der Waals surface area contributed by atoms with Crippen LogP contribution in [0.2, 0.25) is 0 Å². The second-order valence-electron chi connectivity index (χ2n) is 5.14. The second kappa shape index (κ2) is 8.32. The molecule has 0 radical (unpaired) electrons. The number of nitrogens with zero attached hydrogens (tertiary/aromatic N) is 1. The number of hydrogen-bond donors (Lipinski definition) is 0. The van der Waals surface area contributed by atoms with Gasteiger partial charge in [-0.25, -0.2) is 4.39 Å². The minimum absolute atomic E-state index is 0.261. The van der Waals surface area contributed by atoms with Gasteiger partial charge < -0.3 is 9.47 Å². The van der Waals surface area contributed by atoms with Crippen LogP contribution < -0.4 is 9.47 Å². The predicted octanol–water partition coefficient (Wildman–Crippen LogP) is 4.07. The van der Waals surface area contributed by atoms with Crippen molar-refractivity contribution in [3.8, 4) is 11.5 Å². The molecule has 0 unspecified atom stereocenters. The largest absolute Gasteiger partial charge is 0.496 e. The maximum atomic E-state index is 13.5. The van der Waals surface area contributed by atoms with Crippen LogP contribution in [0.5, 0.6) is 11.5 Å². The Morgan fingerprint density at radius 2 is 1.70 bits per heavy atom.